The number of rotatable bonds is 7. The molecule has 3 unspecified atom stereocenters. The third kappa shape index (κ3) is 4.79. The zero-order valence-corrected chi connectivity index (χ0v) is 13.1. The average Bonchev–Trinajstić information content (AvgIpc) is 2.38. The van der Waals surface area contributed by atoms with E-state index in [-0.39, 0.29) is 17.9 Å². The highest BCUT2D eigenvalue weighted by molar-refractivity contribution is 7.98. The number of benzene rings is 1. The van der Waals surface area contributed by atoms with Crippen LogP contribution in [0.3, 0.4) is 0 Å². The molecule has 0 fully saturated rings. The van der Waals surface area contributed by atoms with Crippen molar-refractivity contribution in [2.45, 2.75) is 38.4 Å². The molecular formula is C15H25FN2S. The van der Waals surface area contributed by atoms with Crippen LogP contribution in [0.2, 0.25) is 0 Å². The standard InChI is InChI=1S/C15H25FN2S/c1-11(9-10-19-4)18(3)15(12(2)17)13-5-7-14(16)8-6-13/h5-8,11-12,15H,9-10,17H2,1-4H3. The molecule has 4 heteroatoms. The molecule has 0 aliphatic heterocycles. The van der Waals surface area contributed by atoms with Crippen LogP contribution >= 0.6 is 11.8 Å². The third-order valence-corrected chi connectivity index (χ3v) is 4.23. The zero-order chi connectivity index (χ0) is 14.4. The lowest BCUT2D eigenvalue weighted by molar-refractivity contribution is 0.162. The highest BCUT2D eigenvalue weighted by Gasteiger charge is 2.24. The molecule has 3 atom stereocenters. The van der Waals surface area contributed by atoms with Crippen molar-refractivity contribution in [3.05, 3.63) is 35.6 Å². The molecule has 0 bridgehead atoms. The van der Waals surface area contributed by atoms with Gasteiger partial charge in [-0.25, -0.2) is 4.39 Å². The SMILES string of the molecule is CSCCC(C)N(C)C(c1ccc(F)cc1)C(C)N. The van der Waals surface area contributed by atoms with Crippen molar-refractivity contribution in [3.63, 3.8) is 0 Å². The van der Waals surface area contributed by atoms with Gasteiger partial charge in [-0.05, 0) is 57.0 Å². The smallest absolute Gasteiger partial charge is 0.123 e. The molecule has 0 amide bonds. The summed E-state index contributed by atoms with van der Waals surface area (Å²) in [6, 6.07) is 7.26. The quantitative estimate of drug-likeness (QED) is 0.833. The molecule has 0 radical (unpaired) electrons. The van der Waals surface area contributed by atoms with Crippen LogP contribution in [0.15, 0.2) is 24.3 Å². The van der Waals surface area contributed by atoms with E-state index < -0.39 is 0 Å². The summed E-state index contributed by atoms with van der Waals surface area (Å²) < 4.78 is 13.0. The first-order valence-corrected chi connectivity index (χ1v) is 8.08. The Balaban J connectivity index is 2.84. The Morgan fingerprint density at radius 2 is 1.84 bits per heavy atom. The number of thioether (sulfide) groups is 1. The maximum absolute atomic E-state index is 13.0. The zero-order valence-electron chi connectivity index (χ0n) is 12.3. The van der Waals surface area contributed by atoms with Crippen molar-refractivity contribution < 1.29 is 4.39 Å². The average molecular weight is 284 g/mol. The van der Waals surface area contributed by atoms with E-state index in [1.165, 1.54) is 12.1 Å². The van der Waals surface area contributed by atoms with Gasteiger partial charge in [-0.2, -0.15) is 11.8 Å². The van der Waals surface area contributed by atoms with Gasteiger partial charge in [0.2, 0.25) is 0 Å². The van der Waals surface area contributed by atoms with Crippen LogP contribution < -0.4 is 5.73 Å². The molecule has 2 nitrogen and oxygen atoms in total. The molecule has 1 rings (SSSR count). The summed E-state index contributed by atoms with van der Waals surface area (Å²) in [6.45, 7) is 4.22. The Kier molecular flexibility index (Phi) is 6.83. The highest BCUT2D eigenvalue weighted by Crippen LogP contribution is 2.25. The van der Waals surface area contributed by atoms with Crippen molar-refractivity contribution in [1.29, 1.82) is 0 Å². The summed E-state index contributed by atoms with van der Waals surface area (Å²) in [6.07, 6.45) is 3.25. The van der Waals surface area contributed by atoms with Crippen LogP contribution in [0.4, 0.5) is 4.39 Å². The monoisotopic (exact) mass is 284 g/mol. The lowest BCUT2D eigenvalue weighted by Gasteiger charge is -2.36. The molecule has 0 aromatic heterocycles. The predicted octanol–water partition coefficient (Wildman–Crippen LogP) is 3.29. The number of nitrogens with zero attached hydrogens (tertiary/aromatic N) is 1. The van der Waals surface area contributed by atoms with Crippen molar-refractivity contribution in [2.24, 2.45) is 5.73 Å². The minimum Gasteiger partial charge on any atom is -0.326 e. The first-order chi connectivity index (χ1) is 8.97. The summed E-state index contributed by atoms with van der Waals surface area (Å²) in [5, 5.41) is 0. The third-order valence-electron chi connectivity index (χ3n) is 3.58. The van der Waals surface area contributed by atoms with Crippen LogP contribution in [-0.2, 0) is 0 Å². The highest BCUT2D eigenvalue weighted by atomic mass is 32.2. The molecule has 0 heterocycles. The number of likely N-dealkylation sites (N-methyl/N-ethyl adjacent to an activating group) is 1. The van der Waals surface area contributed by atoms with Gasteiger partial charge in [0.15, 0.2) is 0 Å². The van der Waals surface area contributed by atoms with Gasteiger partial charge in [0.1, 0.15) is 5.82 Å². The van der Waals surface area contributed by atoms with Gasteiger partial charge in [-0.3, -0.25) is 4.90 Å². The fourth-order valence-corrected chi connectivity index (χ4v) is 2.91. The van der Waals surface area contributed by atoms with Gasteiger partial charge in [0, 0.05) is 18.1 Å². The molecule has 19 heavy (non-hydrogen) atoms. The molecule has 0 spiro atoms. The number of hydrogen-bond donors (Lipinski definition) is 1. The van der Waals surface area contributed by atoms with Gasteiger partial charge >= 0.3 is 0 Å². The predicted molar refractivity (Wildman–Crippen MR) is 83.0 cm³/mol. The van der Waals surface area contributed by atoms with E-state index in [0.29, 0.717) is 6.04 Å². The van der Waals surface area contributed by atoms with Gasteiger partial charge in [0.25, 0.3) is 0 Å². The molecule has 108 valence electrons. The summed E-state index contributed by atoms with van der Waals surface area (Å²) >= 11 is 1.86. The summed E-state index contributed by atoms with van der Waals surface area (Å²) in [7, 11) is 2.10. The van der Waals surface area contributed by atoms with Gasteiger partial charge < -0.3 is 5.73 Å². The van der Waals surface area contributed by atoms with Crippen molar-refractivity contribution in [2.75, 3.05) is 19.1 Å². The topological polar surface area (TPSA) is 29.3 Å². The van der Waals surface area contributed by atoms with E-state index in [2.05, 4.69) is 25.1 Å². The fraction of sp³-hybridized carbons (Fsp3) is 0.600. The Labute approximate surface area is 120 Å². The summed E-state index contributed by atoms with van der Waals surface area (Å²) in [4.78, 5) is 2.30. The Morgan fingerprint density at radius 3 is 2.32 bits per heavy atom. The molecule has 0 aliphatic carbocycles. The minimum absolute atomic E-state index is 0.00666. The largest absolute Gasteiger partial charge is 0.326 e. The van der Waals surface area contributed by atoms with Crippen LogP contribution in [-0.4, -0.2) is 36.0 Å². The minimum atomic E-state index is -0.203. The molecule has 0 saturated carbocycles. The Hall–Kier alpha value is -0.580. The van der Waals surface area contributed by atoms with Gasteiger partial charge in [0.05, 0.1) is 0 Å². The first kappa shape index (κ1) is 16.5. The van der Waals surface area contributed by atoms with Crippen LogP contribution in [0.5, 0.6) is 0 Å². The van der Waals surface area contributed by atoms with Crippen LogP contribution in [0.1, 0.15) is 31.9 Å². The van der Waals surface area contributed by atoms with E-state index in [4.69, 9.17) is 5.73 Å². The number of halogens is 1. The Bertz CT molecular complexity index is 367. The first-order valence-electron chi connectivity index (χ1n) is 6.69. The van der Waals surface area contributed by atoms with Crippen molar-refractivity contribution in [3.8, 4) is 0 Å². The molecular weight excluding hydrogens is 259 g/mol. The molecule has 0 aliphatic rings. The summed E-state index contributed by atoms with van der Waals surface area (Å²) in [5.41, 5.74) is 7.21. The second-order valence-corrected chi connectivity index (χ2v) is 6.14. The molecule has 2 N–H and O–H groups in total. The van der Waals surface area contributed by atoms with E-state index in [1.54, 1.807) is 0 Å². The Morgan fingerprint density at radius 1 is 1.26 bits per heavy atom. The van der Waals surface area contributed by atoms with E-state index in [9.17, 15) is 4.39 Å². The van der Waals surface area contributed by atoms with Gasteiger partial charge in [-0.15, -0.1) is 0 Å². The van der Waals surface area contributed by atoms with Crippen LogP contribution in [0, 0.1) is 5.82 Å². The van der Waals surface area contributed by atoms with E-state index in [1.807, 2.05) is 30.8 Å². The van der Waals surface area contributed by atoms with E-state index in [0.717, 1.165) is 17.7 Å². The normalized spacial score (nSPS) is 16.4. The fourth-order valence-electron chi connectivity index (χ4n) is 2.34. The van der Waals surface area contributed by atoms with Gasteiger partial charge in [-0.1, -0.05) is 12.1 Å². The number of nitrogens with two attached hydrogens (primary N) is 1. The maximum atomic E-state index is 13.0. The van der Waals surface area contributed by atoms with E-state index >= 15 is 0 Å². The molecule has 0 saturated heterocycles. The second kappa shape index (κ2) is 7.88. The lowest BCUT2D eigenvalue weighted by Crippen LogP contribution is -2.42. The molecule has 1 aromatic carbocycles. The van der Waals surface area contributed by atoms with Crippen molar-refractivity contribution in [1.82, 2.24) is 4.90 Å². The summed E-state index contributed by atoms with van der Waals surface area (Å²) in [5.74, 6) is 0.936. The number of hydrogen-bond acceptors (Lipinski definition) is 3. The molecule has 1 aromatic rings. The maximum Gasteiger partial charge on any atom is 0.123 e. The van der Waals surface area contributed by atoms with Crippen LogP contribution in [0.25, 0.3) is 0 Å². The second-order valence-electron chi connectivity index (χ2n) is 5.15. The van der Waals surface area contributed by atoms with Crippen molar-refractivity contribution >= 4 is 11.8 Å². The lowest BCUT2D eigenvalue weighted by atomic mass is 9.98.